The van der Waals surface area contributed by atoms with Gasteiger partial charge >= 0.3 is 5.97 Å². The summed E-state index contributed by atoms with van der Waals surface area (Å²) < 4.78 is 4.94. The van der Waals surface area contributed by atoms with Crippen LogP contribution in [-0.4, -0.2) is 18.4 Å². The van der Waals surface area contributed by atoms with Crippen molar-refractivity contribution in [2.75, 3.05) is 6.54 Å². The van der Waals surface area contributed by atoms with Crippen LogP contribution in [0.25, 0.3) is 0 Å². The highest BCUT2D eigenvalue weighted by atomic mass is 16.5. The predicted molar refractivity (Wildman–Crippen MR) is 55.9 cm³/mol. The number of esters is 1. The molecule has 1 saturated heterocycles. The molecule has 1 amide bonds. The lowest BCUT2D eigenvalue weighted by Crippen LogP contribution is -2.13. The SMILES string of the molecule is O=C1CC(c2ccc3c(c2)COC3=O)CN1. The summed E-state index contributed by atoms with van der Waals surface area (Å²) >= 11 is 0. The number of carbonyl (C=O) groups is 2. The van der Waals surface area contributed by atoms with Crippen molar-refractivity contribution in [3.8, 4) is 0 Å². The number of cyclic esters (lactones) is 1. The third-order valence-corrected chi connectivity index (χ3v) is 3.16. The third-order valence-electron chi connectivity index (χ3n) is 3.16. The van der Waals surface area contributed by atoms with Gasteiger partial charge in [0.15, 0.2) is 0 Å². The molecule has 2 heterocycles. The number of nitrogens with one attached hydrogen (secondary N) is 1. The summed E-state index contributed by atoms with van der Waals surface area (Å²) in [6.45, 7) is 1.04. The second-order valence-corrected chi connectivity index (χ2v) is 4.20. The van der Waals surface area contributed by atoms with Gasteiger partial charge in [0.1, 0.15) is 6.61 Å². The van der Waals surface area contributed by atoms with Crippen LogP contribution in [-0.2, 0) is 16.1 Å². The number of amides is 1. The minimum Gasteiger partial charge on any atom is -0.457 e. The van der Waals surface area contributed by atoms with Gasteiger partial charge in [-0.25, -0.2) is 4.79 Å². The first kappa shape index (κ1) is 9.39. The number of benzene rings is 1. The fraction of sp³-hybridized carbons (Fsp3) is 0.333. The van der Waals surface area contributed by atoms with Crippen molar-refractivity contribution >= 4 is 11.9 Å². The van der Waals surface area contributed by atoms with Gasteiger partial charge < -0.3 is 10.1 Å². The molecular formula is C12H11NO3. The summed E-state index contributed by atoms with van der Waals surface area (Å²) in [5.41, 5.74) is 2.69. The van der Waals surface area contributed by atoms with E-state index in [9.17, 15) is 9.59 Å². The first-order valence-electron chi connectivity index (χ1n) is 5.30. The van der Waals surface area contributed by atoms with Gasteiger partial charge in [-0.3, -0.25) is 4.79 Å². The van der Waals surface area contributed by atoms with Gasteiger partial charge in [-0.2, -0.15) is 0 Å². The molecule has 4 nitrogen and oxygen atoms in total. The molecule has 2 aliphatic rings. The van der Waals surface area contributed by atoms with E-state index in [-0.39, 0.29) is 17.8 Å². The second-order valence-electron chi connectivity index (χ2n) is 4.20. The summed E-state index contributed by atoms with van der Waals surface area (Å²) in [4.78, 5) is 22.4. The topological polar surface area (TPSA) is 55.4 Å². The van der Waals surface area contributed by atoms with Gasteiger partial charge in [0.05, 0.1) is 5.56 Å². The largest absolute Gasteiger partial charge is 0.457 e. The van der Waals surface area contributed by atoms with Gasteiger partial charge in [-0.1, -0.05) is 12.1 Å². The summed E-state index contributed by atoms with van der Waals surface area (Å²) in [6, 6.07) is 5.68. The fourth-order valence-electron chi connectivity index (χ4n) is 2.25. The maximum atomic E-state index is 11.3. The molecule has 1 fully saturated rings. The quantitative estimate of drug-likeness (QED) is 0.713. The van der Waals surface area contributed by atoms with Crippen molar-refractivity contribution < 1.29 is 14.3 Å². The lowest BCUT2D eigenvalue weighted by molar-refractivity contribution is -0.119. The molecule has 2 aliphatic heterocycles. The maximum Gasteiger partial charge on any atom is 0.338 e. The van der Waals surface area contributed by atoms with Crippen molar-refractivity contribution in [2.24, 2.45) is 0 Å². The Labute approximate surface area is 92.6 Å². The number of hydrogen-bond donors (Lipinski definition) is 1. The summed E-state index contributed by atoms with van der Waals surface area (Å²) in [6.07, 6.45) is 0.535. The van der Waals surface area contributed by atoms with E-state index in [4.69, 9.17) is 4.74 Å². The molecule has 16 heavy (non-hydrogen) atoms. The zero-order valence-electron chi connectivity index (χ0n) is 8.66. The zero-order chi connectivity index (χ0) is 11.1. The summed E-state index contributed by atoms with van der Waals surface area (Å²) in [7, 11) is 0. The van der Waals surface area contributed by atoms with Gasteiger partial charge in [0.25, 0.3) is 0 Å². The average molecular weight is 217 g/mol. The van der Waals surface area contributed by atoms with E-state index in [2.05, 4.69) is 5.32 Å². The van der Waals surface area contributed by atoms with Gasteiger partial charge in [-0.05, 0) is 11.6 Å². The highest BCUT2D eigenvalue weighted by Crippen LogP contribution is 2.28. The highest BCUT2D eigenvalue weighted by molar-refractivity contribution is 5.93. The van der Waals surface area contributed by atoms with Gasteiger partial charge in [0, 0.05) is 24.4 Å². The van der Waals surface area contributed by atoms with Crippen LogP contribution in [0.2, 0.25) is 0 Å². The Morgan fingerprint density at radius 2 is 2.19 bits per heavy atom. The average Bonchev–Trinajstić information content (AvgIpc) is 2.86. The number of ether oxygens (including phenoxy) is 1. The molecule has 1 atom stereocenters. The molecule has 1 N–H and O–H groups in total. The van der Waals surface area contributed by atoms with Crippen LogP contribution in [0.1, 0.15) is 33.8 Å². The van der Waals surface area contributed by atoms with Crippen LogP contribution in [0.5, 0.6) is 0 Å². The van der Waals surface area contributed by atoms with E-state index in [1.165, 1.54) is 0 Å². The molecule has 1 aromatic carbocycles. The molecule has 1 unspecified atom stereocenters. The first-order valence-corrected chi connectivity index (χ1v) is 5.30. The minimum absolute atomic E-state index is 0.0952. The van der Waals surface area contributed by atoms with Crippen LogP contribution in [0, 0.1) is 0 Å². The molecule has 3 rings (SSSR count). The van der Waals surface area contributed by atoms with Crippen LogP contribution in [0.15, 0.2) is 18.2 Å². The summed E-state index contributed by atoms with van der Waals surface area (Å²) in [5.74, 6) is 0.0773. The Hall–Kier alpha value is -1.84. The van der Waals surface area contributed by atoms with Crippen LogP contribution >= 0.6 is 0 Å². The van der Waals surface area contributed by atoms with Crippen molar-refractivity contribution in [1.82, 2.24) is 5.32 Å². The van der Waals surface area contributed by atoms with Crippen LogP contribution < -0.4 is 5.32 Å². The van der Waals surface area contributed by atoms with Gasteiger partial charge in [-0.15, -0.1) is 0 Å². The first-order chi connectivity index (χ1) is 7.74. The van der Waals surface area contributed by atoms with Crippen LogP contribution in [0.3, 0.4) is 0 Å². The molecule has 82 valence electrons. The lowest BCUT2D eigenvalue weighted by Gasteiger charge is -2.08. The normalized spacial score (nSPS) is 22.9. The predicted octanol–water partition coefficient (Wildman–Crippen LogP) is 0.960. The Bertz CT molecular complexity index is 481. The van der Waals surface area contributed by atoms with E-state index in [1.54, 1.807) is 6.07 Å². The van der Waals surface area contributed by atoms with Crippen molar-refractivity contribution in [2.45, 2.75) is 18.9 Å². The molecular weight excluding hydrogens is 206 g/mol. The highest BCUT2D eigenvalue weighted by Gasteiger charge is 2.26. The van der Waals surface area contributed by atoms with E-state index in [0.717, 1.165) is 11.1 Å². The fourth-order valence-corrected chi connectivity index (χ4v) is 2.25. The summed E-state index contributed by atoms with van der Waals surface area (Å²) in [5, 5.41) is 2.81. The molecule has 0 saturated carbocycles. The Balaban J connectivity index is 1.93. The van der Waals surface area contributed by atoms with Crippen molar-refractivity contribution in [3.63, 3.8) is 0 Å². The van der Waals surface area contributed by atoms with E-state index < -0.39 is 0 Å². The van der Waals surface area contributed by atoms with Crippen LogP contribution in [0.4, 0.5) is 0 Å². The van der Waals surface area contributed by atoms with Crippen molar-refractivity contribution in [1.29, 1.82) is 0 Å². The van der Waals surface area contributed by atoms with Crippen molar-refractivity contribution in [3.05, 3.63) is 34.9 Å². The molecule has 0 bridgehead atoms. The molecule has 4 heteroatoms. The number of fused-ring (bicyclic) bond motifs is 1. The maximum absolute atomic E-state index is 11.3. The minimum atomic E-state index is -0.248. The molecule has 0 aromatic heterocycles. The van der Waals surface area contributed by atoms with Gasteiger partial charge in [0.2, 0.25) is 5.91 Å². The number of carbonyl (C=O) groups excluding carboxylic acids is 2. The molecule has 0 radical (unpaired) electrons. The second kappa shape index (κ2) is 3.33. The molecule has 1 aromatic rings. The standard InChI is InChI=1S/C12H11NO3/c14-11-4-8(5-13-11)7-1-2-10-9(3-7)6-16-12(10)15/h1-3,8H,4-6H2,(H,13,14). The molecule has 0 spiro atoms. The Morgan fingerprint density at radius 3 is 2.94 bits per heavy atom. The third kappa shape index (κ3) is 1.38. The van der Waals surface area contributed by atoms with E-state index >= 15 is 0 Å². The van der Waals surface area contributed by atoms with E-state index in [1.807, 2.05) is 12.1 Å². The monoisotopic (exact) mass is 217 g/mol. The Kier molecular flexibility index (Phi) is 1.96. The number of rotatable bonds is 1. The smallest absolute Gasteiger partial charge is 0.338 e. The number of hydrogen-bond acceptors (Lipinski definition) is 3. The Morgan fingerprint density at radius 1 is 1.31 bits per heavy atom. The lowest BCUT2D eigenvalue weighted by atomic mass is 9.95. The van der Waals surface area contributed by atoms with E-state index in [0.29, 0.717) is 25.1 Å². The molecule has 0 aliphatic carbocycles. The zero-order valence-corrected chi connectivity index (χ0v) is 8.66.